The van der Waals surface area contributed by atoms with Gasteiger partial charge in [0.15, 0.2) is 5.96 Å². The maximum absolute atomic E-state index is 6.01. The van der Waals surface area contributed by atoms with Crippen molar-refractivity contribution in [1.29, 1.82) is 0 Å². The Morgan fingerprint density at radius 3 is 2.62 bits per heavy atom. The number of benzene rings is 1. The lowest BCUT2D eigenvalue weighted by Gasteiger charge is -2.16. The minimum Gasteiger partial charge on any atom is -0.369 e. The molecule has 2 N–H and O–H groups in total. The summed E-state index contributed by atoms with van der Waals surface area (Å²) in [6.07, 6.45) is 2.45. The molecule has 0 bridgehead atoms. The van der Waals surface area contributed by atoms with Crippen LogP contribution in [0.5, 0.6) is 0 Å². The van der Waals surface area contributed by atoms with E-state index in [2.05, 4.69) is 41.9 Å². The normalized spacial score (nSPS) is 16.9. The Bertz CT molecular complexity index is 404. The molecule has 86 valence electrons. The summed E-state index contributed by atoms with van der Waals surface area (Å²) in [4.78, 5) is 6.68. The second-order valence-corrected chi connectivity index (χ2v) is 4.45. The van der Waals surface area contributed by atoms with Gasteiger partial charge in [0.05, 0.1) is 5.69 Å². The predicted octanol–water partition coefficient (Wildman–Crippen LogP) is 2.35. The molecule has 3 heteroatoms. The lowest BCUT2D eigenvalue weighted by Crippen LogP contribution is -2.34. The number of aryl methyl sites for hydroxylation is 2. The van der Waals surface area contributed by atoms with E-state index in [4.69, 9.17) is 5.73 Å². The molecule has 0 unspecified atom stereocenters. The maximum Gasteiger partial charge on any atom is 0.196 e. The Morgan fingerprint density at radius 2 is 1.94 bits per heavy atom. The van der Waals surface area contributed by atoms with Gasteiger partial charge in [-0.3, -0.25) is 0 Å². The van der Waals surface area contributed by atoms with Gasteiger partial charge in [-0.1, -0.05) is 12.1 Å². The largest absolute Gasteiger partial charge is 0.369 e. The Hall–Kier alpha value is -1.51. The van der Waals surface area contributed by atoms with E-state index in [9.17, 15) is 0 Å². The van der Waals surface area contributed by atoms with Crippen molar-refractivity contribution in [2.45, 2.75) is 26.7 Å². The summed E-state index contributed by atoms with van der Waals surface area (Å²) in [5, 5.41) is 0. The fourth-order valence-electron chi connectivity index (χ4n) is 1.98. The molecule has 1 aliphatic rings. The van der Waals surface area contributed by atoms with Crippen LogP contribution < -0.4 is 5.73 Å². The molecule has 0 aromatic heterocycles. The molecule has 1 aromatic rings. The molecule has 1 saturated heterocycles. The molecule has 2 rings (SSSR count). The molecule has 1 aliphatic heterocycles. The molecule has 3 nitrogen and oxygen atoms in total. The summed E-state index contributed by atoms with van der Waals surface area (Å²) in [5.41, 5.74) is 9.39. The van der Waals surface area contributed by atoms with Gasteiger partial charge in [0.25, 0.3) is 0 Å². The van der Waals surface area contributed by atoms with Crippen molar-refractivity contribution in [1.82, 2.24) is 4.90 Å². The Balaban J connectivity index is 2.23. The summed E-state index contributed by atoms with van der Waals surface area (Å²) >= 11 is 0. The third-order valence-electron chi connectivity index (χ3n) is 3.03. The zero-order valence-electron chi connectivity index (χ0n) is 10.0. The van der Waals surface area contributed by atoms with Crippen LogP contribution in [-0.2, 0) is 0 Å². The number of likely N-dealkylation sites (tertiary alicyclic amines) is 1. The average Bonchev–Trinajstić information content (AvgIpc) is 2.76. The minimum absolute atomic E-state index is 0.659. The first-order valence-corrected chi connectivity index (χ1v) is 5.83. The van der Waals surface area contributed by atoms with E-state index in [1.807, 2.05) is 0 Å². The summed E-state index contributed by atoms with van der Waals surface area (Å²) < 4.78 is 0. The van der Waals surface area contributed by atoms with E-state index in [1.165, 1.54) is 24.0 Å². The topological polar surface area (TPSA) is 41.6 Å². The van der Waals surface area contributed by atoms with E-state index in [0.717, 1.165) is 18.8 Å². The highest BCUT2D eigenvalue weighted by atomic mass is 15.3. The molecule has 1 aromatic carbocycles. The third kappa shape index (κ3) is 2.35. The molecule has 0 amide bonds. The predicted molar refractivity (Wildman–Crippen MR) is 68.0 cm³/mol. The number of nitrogens with two attached hydrogens (primary N) is 1. The van der Waals surface area contributed by atoms with E-state index >= 15 is 0 Å². The summed E-state index contributed by atoms with van der Waals surface area (Å²) in [6, 6.07) is 6.27. The molecule has 0 radical (unpaired) electrons. The van der Waals surface area contributed by atoms with Crippen LogP contribution >= 0.6 is 0 Å². The second kappa shape index (κ2) is 4.56. The van der Waals surface area contributed by atoms with Crippen LogP contribution in [0.3, 0.4) is 0 Å². The van der Waals surface area contributed by atoms with Gasteiger partial charge in [-0.05, 0) is 43.9 Å². The fraction of sp³-hybridized carbons (Fsp3) is 0.462. The Kier molecular flexibility index (Phi) is 3.13. The highest BCUT2D eigenvalue weighted by Gasteiger charge is 2.13. The summed E-state index contributed by atoms with van der Waals surface area (Å²) in [6.45, 7) is 6.22. The number of rotatable bonds is 1. The van der Waals surface area contributed by atoms with Gasteiger partial charge in [0.1, 0.15) is 0 Å². The standard InChI is InChI=1S/C13H19N3/c1-10-5-6-11(2)12(9-10)15-13(14)16-7-3-4-8-16/h5-6,9H,3-4,7-8H2,1-2H3,(H2,14,15). The van der Waals surface area contributed by atoms with Crippen molar-refractivity contribution in [2.75, 3.05) is 13.1 Å². The first kappa shape index (κ1) is 11.0. The molecule has 0 aliphatic carbocycles. The van der Waals surface area contributed by atoms with Crippen LogP contribution in [0.1, 0.15) is 24.0 Å². The number of nitrogens with zero attached hydrogens (tertiary/aromatic N) is 2. The highest BCUT2D eigenvalue weighted by molar-refractivity contribution is 5.81. The molecule has 0 atom stereocenters. The number of hydrogen-bond acceptors (Lipinski definition) is 1. The van der Waals surface area contributed by atoms with Crippen molar-refractivity contribution in [2.24, 2.45) is 10.7 Å². The van der Waals surface area contributed by atoms with Crippen LogP contribution in [0.4, 0.5) is 5.69 Å². The number of guanidine groups is 1. The van der Waals surface area contributed by atoms with Gasteiger partial charge >= 0.3 is 0 Å². The van der Waals surface area contributed by atoms with Gasteiger partial charge in [0, 0.05) is 13.1 Å². The quantitative estimate of drug-likeness (QED) is 0.579. The Labute approximate surface area is 97.0 Å². The van der Waals surface area contributed by atoms with Gasteiger partial charge in [-0.15, -0.1) is 0 Å². The summed E-state index contributed by atoms with van der Waals surface area (Å²) in [5.74, 6) is 0.659. The molecule has 1 fully saturated rings. The molecule has 1 heterocycles. The van der Waals surface area contributed by atoms with Crippen LogP contribution in [0, 0.1) is 13.8 Å². The van der Waals surface area contributed by atoms with Crippen LogP contribution in [0.25, 0.3) is 0 Å². The lowest BCUT2D eigenvalue weighted by molar-refractivity contribution is 0.513. The molecule has 0 saturated carbocycles. The zero-order valence-corrected chi connectivity index (χ0v) is 10.0. The Morgan fingerprint density at radius 1 is 1.25 bits per heavy atom. The van der Waals surface area contributed by atoms with Crippen LogP contribution in [-0.4, -0.2) is 23.9 Å². The number of hydrogen-bond donors (Lipinski definition) is 1. The van der Waals surface area contributed by atoms with Crippen molar-refractivity contribution in [3.05, 3.63) is 29.3 Å². The molecular weight excluding hydrogens is 198 g/mol. The summed E-state index contributed by atoms with van der Waals surface area (Å²) in [7, 11) is 0. The second-order valence-electron chi connectivity index (χ2n) is 4.45. The lowest BCUT2D eigenvalue weighted by atomic mass is 10.1. The molecular formula is C13H19N3. The monoisotopic (exact) mass is 217 g/mol. The van der Waals surface area contributed by atoms with E-state index in [0.29, 0.717) is 5.96 Å². The van der Waals surface area contributed by atoms with Crippen molar-refractivity contribution in [3.8, 4) is 0 Å². The van der Waals surface area contributed by atoms with Gasteiger partial charge in [0.2, 0.25) is 0 Å². The molecule has 0 spiro atoms. The van der Waals surface area contributed by atoms with Crippen LogP contribution in [0.15, 0.2) is 23.2 Å². The first-order chi connectivity index (χ1) is 7.66. The molecule has 16 heavy (non-hydrogen) atoms. The first-order valence-electron chi connectivity index (χ1n) is 5.83. The zero-order chi connectivity index (χ0) is 11.5. The van der Waals surface area contributed by atoms with E-state index in [1.54, 1.807) is 0 Å². The van der Waals surface area contributed by atoms with Crippen LogP contribution in [0.2, 0.25) is 0 Å². The average molecular weight is 217 g/mol. The van der Waals surface area contributed by atoms with E-state index in [-0.39, 0.29) is 0 Å². The smallest absolute Gasteiger partial charge is 0.196 e. The van der Waals surface area contributed by atoms with Gasteiger partial charge in [-0.25, -0.2) is 4.99 Å². The van der Waals surface area contributed by atoms with Crippen molar-refractivity contribution in [3.63, 3.8) is 0 Å². The minimum atomic E-state index is 0.659. The fourth-order valence-corrected chi connectivity index (χ4v) is 1.98. The maximum atomic E-state index is 6.01. The van der Waals surface area contributed by atoms with Crippen molar-refractivity contribution < 1.29 is 0 Å². The van der Waals surface area contributed by atoms with Crippen molar-refractivity contribution >= 4 is 11.6 Å². The SMILES string of the molecule is Cc1ccc(C)c(N=C(N)N2CCCC2)c1. The number of aliphatic imine (C=N–C) groups is 1. The van der Waals surface area contributed by atoms with Gasteiger partial charge in [-0.2, -0.15) is 0 Å². The van der Waals surface area contributed by atoms with E-state index < -0.39 is 0 Å². The highest BCUT2D eigenvalue weighted by Crippen LogP contribution is 2.20. The van der Waals surface area contributed by atoms with Gasteiger partial charge < -0.3 is 10.6 Å². The third-order valence-corrected chi connectivity index (χ3v) is 3.03.